The molecule has 0 unspecified atom stereocenters. The number of carbonyl (C=O) groups is 2. The smallest absolute Gasteiger partial charge is 0.292 e. The van der Waals surface area contributed by atoms with Gasteiger partial charge in [-0.3, -0.25) is 9.59 Å². The second-order valence-corrected chi connectivity index (χ2v) is 3.50. The minimum atomic E-state index is -3.56. The van der Waals surface area contributed by atoms with E-state index >= 15 is 0 Å². The molecular weight excluding hydrogens is 157 g/mol. The van der Waals surface area contributed by atoms with E-state index in [2.05, 4.69) is 0 Å². The lowest BCUT2D eigenvalue weighted by Gasteiger charge is -1.97. The van der Waals surface area contributed by atoms with Crippen LogP contribution in [0.2, 0.25) is 0 Å². The molecule has 0 aromatic heterocycles. The van der Waals surface area contributed by atoms with Crippen molar-refractivity contribution in [3.05, 3.63) is 0 Å². The molecule has 0 saturated heterocycles. The first-order chi connectivity index (χ1) is 4.52. The highest BCUT2D eigenvalue weighted by molar-refractivity contribution is 7.91. The topological polar surface area (TPSA) is 80.3 Å². The molecule has 7 heteroatoms. The van der Waals surface area contributed by atoms with Gasteiger partial charge in [0.05, 0.1) is 0 Å². The summed E-state index contributed by atoms with van der Waals surface area (Å²) >= 11 is 0. The van der Waals surface area contributed by atoms with Crippen molar-refractivity contribution in [1.82, 2.24) is 4.72 Å². The van der Waals surface area contributed by atoms with Crippen molar-refractivity contribution in [3.8, 4) is 0 Å². The van der Waals surface area contributed by atoms with Gasteiger partial charge in [-0.15, -0.1) is 0 Å². The first-order valence-corrected chi connectivity index (χ1v) is 4.16. The summed E-state index contributed by atoms with van der Waals surface area (Å²) in [7, 11) is -2.20. The molecule has 0 aromatic rings. The fraction of sp³-hybridized carbons (Fsp3) is 0.333. The quantitative estimate of drug-likeness (QED) is 0.277. The van der Waals surface area contributed by atoms with E-state index in [0.717, 1.165) is 0 Å². The molecule has 10 heavy (non-hydrogen) atoms. The van der Waals surface area contributed by atoms with Crippen LogP contribution in [-0.4, -0.2) is 34.1 Å². The average molecular weight is 163 g/mol. The van der Waals surface area contributed by atoms with Crippen molar-refractivity contribution in [1.29, 1.82) is 0 Å². The number of amides is 1. The summed E-state index contributed by atoms with van der Waals surface area (Å²) < 4.78 is 22.5. The maximum atomic E-state index is 10.5. The number of nitrogens with one attached hydrogen (secondary N) is 1. The minimum absolute atomic E-state index is 0.0901. The van der Waals surface area contributed by atoms with Gasteiger partial charge in [-0.05, 0) is 0 Å². The highest BCUT2D eigenvalue weighted by Crippen LogP contribution is 1.76. The Labute approximate surface area is 59.3 Å². The van der Waals surface area contributed by atoms with Gasteiger partial charge in [0.15, 0.2) is 0 Å². The van der Waals surface area contributed by atoms with Crippen molar-refractivity contribution in [3.63, 3.8) is 0 Å². The van der Waals surface area contributed by atoms with Crippen LogP contribution in [0.4, 0.5) is 0 Å². The van der Waals surface area contributed by atoms with Crippen molar-refractivity contribution >= 4 is 30.1 Å². The summed E-state index contributed by atoms with van der Waals surface area (Å²) in [5, 5.41) is 0. The molecule has 0 heterocycles. The standard InChI is InChI=1S/C3H6BNO4S/c4-2-10(8,9)5-3(7)1-6/h1H,2,4H2,(H,5,7). The molecule has 56 valence electrons. The summed E-state index contributed by atoms with van der Waals surface area (Å²) in [5.41, 5.74) is -0.216. The zero-order valence-electron chi connectivity index (χ0n) is 5.33. The van der Waals surface area contributed by atoms with Crippen LogP contribution in [0.1, 0.15) is 0 Å². The maximum absolute atomic E-state index is 10.5. The lowest BCUT2D eigenvalue weighted by molar-refractivity contribution is -0.130. The lowest BCUT2D eigenvalue weighted by Crippen LogP contribution is -2.33. The molecular formula is C3H6BNO4S. The Kier molecular flexibility index (Phi) is 3.07. The van der Waals surface area contributed by atoms with E-state index in [1.807, 2.05) is 0 Å². The zero-order valence-corrected chi connectivity index (χ0v) is 6.14. The first-order valence-electron chi connectivity index (χ1n) is 2.51. The highest BCUT2D eigenvalue weighted by Gasteiger charge is 2.09. The van der Waals surface area contributed by atoms with E-state index in [1.165, 1.54) is 12.6 Å². The van der Waals surface area contributed by atoms with Gasteiger partial charge in [-0.2, -0.15) is 0 Å². The predicted octanol–water partition coefficient (Wildman–Crippen LogP) is -2.78. The summed E-state index contributed by atoms with van der Waals surface area (Å²) in [5.74, 6) is -1.14. The molecule has 0 radical (unpaired) electrons. The molecule has 0 atom stereocenters. The summed E-state index contributed by atoms with van der Waals surface area (Å²) in [4.78, 5) is 19.7. The number of aldehydes is 1. The van der Waals surface area contributed by atoms with Crippen molar-refractivity contribution < 1.29 is 18.0 Å². The zero-order chi connectivity index (χ0) is 8.20. The van der Waals surface area contributed by atoms with Gasteiger partial charge in [-0.25, -0.2) is 13.1 Å². The van der Waals surface area contributed by atoms with Gasteiger partial charge in [0.25, 0.3) is 5.91 Å². The number of sulfonamides is 1. The Morgan fingerprint density at radius 2 is 2.10 bits per heavy atom. The third-order valence-corrected chi connectivity index (χ3v) is 2.02. The van der Waals surface area contributed by atoms with E-state index in [1.54, 1.807) is 0 Å². The van der Waals surface area contributed by atoms with Gasteiger partial charge in [-0.1, -0.05) is 0 Å². The third kappa shape index (κ3) is 3.23. The molecule has 0 rings (SSSR count). The van der Waals surface area contributed by atoms with Crippen LogP contribution in [-0.2, 0) is 19.6 Å². The van der Waals surface area contributed by atoms with Crippen LogP contribution in [0.3, 0.4) is 0 Å². The van der Waals surface area contributed by atoms with Crippen LogP contribution in [0, 0.1) is 0 Å². The fourth-order valence-corrected chi connectivity index (χ4v) is 0.748. The van der Waals surface area contributed by atoms with Crippen LogP contribution < -0.4 is 4.72 Å². The van der Waals surface area contributed by atoms with Crippen LogP contribution in [0.5, 0.6) is 0 Å². The Balaban J connectivity index is 4.16. The Hall–Kier alpha value is -0.845. The normalized spacial score (nSPS) is 10.4. The SMILES string of the molecule is BCS(=O)(=O)NC(=O)C=O. The number of hydrogen-bond acceptors (Lipinski definition) is 4. The molecule has 1 amide bonds. The minimum Gasteiger partial charge on any atom is -0.292 e. The van der Waals surface area contributed by atoms with Crippen LogP contribution >= 0.6 is 0 Å². The van der Waals surface area contributed by atoms with Gasteiger partial charge in [0, 0.05) is 5.65 Å². The average Bonchev–Trinajstić information content (AvgIpc) is 1.87. The summed E-state index contributed by atoms with van der Waals surface area (Å²) in [6.07, 6.45) is -0.0901. The molecule has 0 aromatic carbocycles. The second-order valence-electron chi connectivity index (χ2n) is 1.49. The molecule has 0 aliphatic carbocycles. The van der Waals surface area contributed by atoms with Gasteiger partial charge in [0.1, 0.15) is 7.85 Å². The van der Waals surface area contributed by atoms with Gasteiger partial charge >= 0.3 is 0 Å². The molecule has 5 nitrogen and oxygen atoms in total. The largest absolute Gasteiger partial charge is 0.297 e. The highest BCUT2D eigenvalue weighted by atomic mass is 32.2. The number of carbonyl (C=O) groups excluding carboxylic acids is 2. The monoisotopic (exact) mass is 163 g/mol. The van der Waals surface area contributed by atoms with Gasteiger partial charge in [0.2, 0.25) is 16.3 Å². The van der Waals surface area contributed by atoms with E-state index < -0.39 is 15.9 Å². The number of hydrogen-bond donors (Lipinski definition) is 1. The van der Waals surface area contributed by atoms with E-state index in [4.69, 9.17) is 0 Å². The predicted molar refractivity (Wildman–Crippen MR) is 36.5 cm³/mol. The Morgan fingerprint density at radius 1 is 1.60 bits per heavy atom. The molecule has 0 fully saturated rings. The molecule has 0 bridgehead atoms. The third-order valence-electron chi connectivity index (χ3n) is 0.743. The van der Waals surface area contributed by atoms with Gasteiger partial charge < -0.3 is 0 Å². The van der Waals surface area contributed by atoms with E-state index in [-0.39, 0.29) is 11.9 Å². The van der Waals surface area contributed by atoms with Crippen molar-refractivity contribution in [2.24, 2.45) is 0 Å². The van der Waals surface area contributed by atoms with Crippen LogP contribution in [0.25, 0.3) is 0 Å². The Bertz CT molecular complexity index is 233. The van der Waals surface area contributed by atoms with Crippen molar-refractivity contribution in [2.45, 2.75) is 0 Å². The Morgan fingerprint density at radius 3 is 2.40 bits per heavy atom. The maximum Gasteiger partial charge on any atom is 0.297 e. The van der Waals surface area contributed by atoms with Crippen LogP contribution in [0.15, 0.2) is 0 Å². The van der Waals surface area contributed by atoms with E-state index in [0.29, 0.717) is 0 Å². The van der Waals surface area contributed by atoms with E-state index in [9.17, 15) is 18.0 Å². The number of rotatable bonds is 3. The molecule has 0 spiro atoms. The van der Waals surface area contributed by atoms with Crippen molar-refractivity contribution in [2.75, 3.05) is 5.65 Å². The molecule has 0 aliphatic rings. The molecule has 0 aliphatic heterocycles. The summed E-state index contributed by atoms with van der Waals surface area (Å²) in [6.45, 7) is 0. The summed E-state index contributed by atoms with van der Waals surface area (Å²) in [6, 6.07) is 0. The molecule has 0 saturated carbocycles. The second kappa shape index (κ2) is 3.36. The first kappa shape index (κ1) is 9.15. The fourth-order valence-electron chi connectivity index (χ4n) is 0.249. The lowest BCUT2D eigenvalue weighted by atomic mass is 10.2. The molecule has 1 N–H and O–H groups in total.